The van der Waals surface area contributed by atoms with E-state index >= 15 is 0 Å². The quantitative estimate of drug-likeness (QED) is 0.224. The first-order chi connectivity index (χ1) is 18.6. The summed E-state index contributed by atoms with van der Waals surface area (Å²) < 4.78 is 8.25. The molecule has 0 spiro atoms. The van der Waals surface area contributed by atoms with Crippen molar-refractivity contribution in [1.82, 2.24) is 19.9 Å². The largest absolute Gasteiger partial charge is 0.460 e. The van der Waals surface area contributed by atoms with E-state index in [-0.39, 0.29) is 12.1 Å². The van der Waals surface area contributed by atoms with Crippen LogP contribution in [0.1, 0.15) is 79.3 Å². The molecule has 7 rings (SSSR count). The Morgan fingerprint density at radius 2 is 1.89 bits per heavy atom. The zero-order chi connectivity index (χ0) is 26.0. The number of rotatable bonds is 9. The van der Waals surface area contributed by atoms with Gasteiger partial charge in [-0.1, -0.05) is 48.7 Å². The van der Waals surface area contributed by atoms with Crippen molar-refractivity contribution in [2.45, 2.75) is 82.3 Å². The fourth-order valence-corrected chi connectivity index (χ4v) is 6.90. The molecule has 3 saturated heterocycles. The number of carbonyl (C=O) groups is 2. The standard InChI is InChI=1S/C31H38N4O3/c36-22-24-10-11-28-27(20-24)32-33-35(28)16-5-2-7-23-8-6-9-26(19-23)31(14-3-1-4-15-31)30(37)38-29-21-34-17-12-25(29)13-18-34/h6,8-11,19-20,22,25,29H,1-5,7,12-18,21H2/t29-/m0/s1. The number of hydrogen-bond acceptors (Lipinski definition) is 6. The van der Waals surface area contributed by atoms with Crippen LogP contribution in [0.3, 0.4) is 0 Å². The molecule has 1 atom stereocenters. The summed E-state index contributed by atoms with van der Waals surface area (Å²) in [4.78, 5) is 27.3. The van der Waals surface area contributed by atoms with Gasteiger partial charge in [0.15, 0.2) is 0 Å². The average molecular weight is 515 g/mol. The maximum Gasteiger partial charge on any atom is 0.316 e. The van der Waals surface area contributed by atoms with Crippen molar-refractivity contribution in [3.05, 3.63) is 59.2 Å². The fraction of sp³-hybridized carbons (Fsp3) is 0.548. The number of ether oxygens (including phenoxy) is 1. The van der Waals surface area contributed by atoms with Gasteiger partial charge >= 0.3 is 5.97 Å². The number of nitrogens with zero attached hydrogens (tertiary/aromatic N) is 4. The monoisotopic (exact) mass is 514 g/mol. The molecular weight excluding hydrogens is 476 g/mol. The van der Waals surface area contributed by atoms with E-state index in [4.69, 9.17) is 4.74 Å². The Balaban J connectivity index is 1.11. The summed E-state index contributed by atoms with van der Waals surface area (Å²) in [5, 5.41) is 8.49. The first kappa shape index (κ1) is 25.2. The molecule has 1 saturated carbocycles. The third-order valence-electron chi connectivity index (χ3n) is 9.19. The zero-order valence-electron chi connectivity index (χ0n) is 22.2. The summed E-state index contributed by atoms with van der Waals surface area (Å²) in [5.74, 6) is 0.550. The second kappa shape index (κ2) is 11.0. The Labute approximate surface area is 224 Å². The van der Waals surface area contributed by atoms with Crippen LogP contribution < -0.4 is 0 Å². The van der Waals surface area contributed by atoms with Crippen LogP contribution in [0.5, 0.6) is 0 Å². The Bertz CT molecular complexity index is 1290. The molecule has 0 N–H and O–H groups in total. The molecule has 200 valence electrons. The van der Waals surface area contributed by atoms with Crippen LogP contribution in [-0.2, 0) is 27.9 Å². The van der Waals surface area contributed by atoms with Gasteiger partial charge in [0.1, 0.15) is 17.9 Å². The van der Waals surface area contributed by atoms with Crippen LogP contribution in [-0.4, -0.2) is 57.9 Å². The number of aromatic nitrogens is 3. The molecule has 4 heterocycles. The van der Waals surface area contributed by atoms with Crippen molar-refractivity contribution in [2.24, 2.45) is 5.92 Å². The van der Waals surface area contributed by atoms with Gasteiger partial charge in [0.05, 0.1) is 10.9 Å². The van der Waals surface area contributed by atoms with E-state index in [0.717, 1.165) is 107 Å². The van der Waals surface area contributed by atoms with Crippen LogP contribution in [0.25, 0.3) is 11.0 Å². The number of fused-ring (bicyclic) bond motifs is 4. The number of esters is 1. The molecule has 0 radical (unpaired) electrons. The number of aldehydes is 1. The van der Waals surface area contributed by atoms with Gasteiger partial charge in [0.25, 0.3) is 0 Å². The van der Waals surface area contributed by atoms with Crippen molar-refractivity contribution in [3.63, 3.8) is 0 Å². The molecule has 0 amide bonds. The predicted octanol–water partition coefficient (Wildman–Crippen LogP) is 5.11. The highest BCUT2D eigenvalue weighted by Crippen LogP contribution is 2.42. The van der Waals surface area contributed by atoms with Crippen molar-refractivity contribution in [1.29, 1.82) is 0 Å². The van der Waals surface area contributed by atoms with E-state index in [1.807, 2.05) is 16.8 Å². The molecule has 7 heteroatoms. The molecule has 38 heavy (non-hydrogen) atoms. The Morgan fingerprint density at radius 1 is 1.05 bits per heavy atom. The highest BCUT2D eigenvalue weighted by atomic mass is 16.5. The normalized spacial score (nSPS) is 24.4. The summed E-state index contributed by atoms with van der Waals surface area (Å²) in [6.45, 7) is 4.00. The van der Waals surface area contributed by atoms with Crippen molar-refractivity contribution in [3.8, 4) is 0 Å². The molecule has 4 aliphatic rings. The average Bonchev–Trinajstić information content (AvgIpc) is 3.38. The molecule has 7 nitrogen and oxygen atoms in total. The SMILES string of the molecule is O=Cc1ccc2c(c1)nnn2CCCCc1cccc(C2(C(=O)O[C@H]3CN4CCC3CC4)CCCCC2)c1. The minimum Gasteiger partial charge on any atom is -0.460 e. The molecule has 1 aliphatic carbocycles. The lowest BCUT2D eigenvalue weighted by atomic mass is 9.69. The molecule has 3 aromatic rings. The van der Waals surface area contributed by atoms with Crippen LogP contribution >= 0.6 is 0 Å². The van der Waals surface area contributed by atoms with Gasteiger partial charge in [-0.05, 0) is 93.3 Å². The van der Waals surface area contributed by atoms with E-state index in [9.17, 15) is 9.59 Å². The molecule has 2 bridgehead atoms. The number of benzene rings is 2. The van der Waals surface area contributed by atoms with Crippen LogP contribution in [0.4, 0.5) is 0 Å². The molecule has 0 unspecified atom stereocenters. The number of aryl methyl sites for hydroxylation is 2. The summed E-state index contributed by atoms with van der Waals surface area (Å²) in [6, 6.07) is 14.2. The molecule has 4 fully saturated rings. The molecule has 3 aliphatic heterocycles. The third kappa shape index (κ3) is 5.00. The van der Waals surface area contributed by atoms with Crippen LogP contribution in [0.15, 0.2) is 42.5 Å². The van der Waals surface area contributed by atoms with Crippen LogP contribution in [0, 0.1) is 5.92 Å². The van der Waals surface area contributed by atoms with Crippen molar-refractivity contribution in [2.75, 3.05) is 19.6 Å². The number of carbonyl (C=O) groups excluding carboxylic acids is 2. The lowest BCUT2D eigenvalue weighted by Gasteiger charge is -2.45. The Morgan fingerprint density at radius 3 is 2.66 bits per heavy atom. The van der Waals surface area contributed by atoms with Gasteiger partial charge in [0.2, 0.25) is 0 Å². The third-order valence-corrected chi connectivity index (χ3v) is 9.19. The lowest BCUT2D eigenvalue weighted by molar-refractivity contribution is -0.167. The number of unbranched alkanes of at least 4 members (excludes halogenated alkanes) is 1. The smallest absolute Gasteiger partial charge is 0.316 e. The first-order valence-electron chi connectivity index (χ1n) is 14.5. The van der Waals surface area contributed by atoms with Gasteiger partial charge in [-0.3, -0.25) is 14.5 Å². The number of hydrogen-bond donors (Lipinski definition) is 0. The maximum atomic E-state index is 13.8. The zero-order valence-corrected chi connectivity index (χ0v) is 22.2. The summed E-state index contributed by atoms with van der Waals surface area (Å²) in [6.07, 6.45) is 11.3. The minimum absolute atomic E-state index is 0.0175. The van der Waals surface area contributed by atoms with Gasteiger partial charge in [-0.25, -0.2) is 4.68 Å². The van der Waals surface area contributed by atoms with Crippen LogP contribution in [0.2, 0.25) is 0 Å². The van der Waals surface area contributed by atoms with E-state index in [0.29, 0.717) is 11.5 Å². The Hall–Kier alpha value is -3.06. The Kier molecular flexibility index (Phi) is 7.28. The second-order valence-electron chi connectivity index (χ2n) is 11.6. The van der Waals surface area contributed by atoms with Gasteiger partial charge < -0.3 is 4.74 Å². The van der Waals surface area contributed by atoms with Crippen molar-refractivity contribution < 1.29 is 14.3 Å². The second-order valence-corrected chi connectivity index (χ2v) is 11.6. The van der Waals surface area contributed by atoms with Gasteiger partial charge in [-0.15, -0.1) is 5.10 Å². The van der Waals surface area contributed by atoms with Crippen molar-refractivity contribution >= 4 is 23.3 Å². The van der Waals surface area contributed by atoms with E-state index in [1.165, 1.54) is 12.0 Å². The van der Waals surface area contributed by atoms with E-state index in [1.54, 1.807) is 6.07 Å². The fourth-order valence-electron chi connectivity index (χ4n) is 6.90. The molecular formula is C31H38N4O3. The summed E-state index contributed by atoms with van der Waals surface area (Å²) in [7, 11) is 0. The summed E-state index contributed by atoms with van der Waals surface area (Å²) >= 11 is 0. The maximum absolute atomic E-state index is 13.8. The predicted molar refractivity (Wildman–Crippen MR) is 146 cm³/mol. The van der Waals surface area contributed by atoms with Gasteiger partial charge in [0, 0.05) is 18.7 Å². The minimum atomic E-state index is -0.500. The highest BCUT2D eigenvalue weighted by Gasteiger charge is 2.45. The topological polar surface area (TPSA) is 77.3 Å². The van der Waals surface area contributed by atoms with E-state index < -0.39 is 5.41 Å². The summed E-state index contributed by atoms with van der Waals surface area (Å²) in [5.41, 5.74) is 4.26. The van der Waals surface area contributed by atoms with E-state index in [2.05, 4.69) is 39.5 Å². The van der Waals surface area contributed by atoms with Gasteiger partial charge in [-0.2, -0.15) is 0 Å². The lowest BCUT2D eigenvalue weighted by Crippen LogP contribution is -2.53. The molecule has 2 aromatic carbocycles. The highest BCUT2D eigenvalue weighted by molar-refractivity contribution is 5.84. The number of piperidine rings is 3. The molecule has 1 aromatic heterocycles. The first-order valence-corrected chi connectivity index (χ1v) is 14.5.